The van der Waals surface area contributed by atoms with E-state index in [4.69, 9.17) is 21.1 Å². The third kappa shape index (κ3) is 6.49. The first-order chi connectivity index (χ1) is 18.3. The Kier molecular flexibility index (Phi) is 8.96. The van der Waals surface area contributed by atoms with Gasteiger partial charge in [0.15, 0.2) is 11.5 Å². The number of rotatable bonds is 9. The Labute approximate surface area is 229 Å². The van der Waals surface area contributed by atoms with Crippen molar-refractivity contribution in [1.82, 2.24) is 9.80 Å². The van der Waals surface area contributed by atoms with Gasteiger partial charge in [0, 0.05) is 13.1 Å². The van der Waals surface area contributed by atoms with Crippen molar-refractivity contribution in [3.05, 3.63) is 63.0 Å². The van der Waals surface area contributed by atoms with Crippen LogP contribution in [0.5, 0.6) is 11.5 Å². The van der Waals surface area contributed by atoms with Crippen LogP contribution in [0.4, 0.5) is 4.79 Å². The fourth-order valence-corrected chi connectivity index (χ4v) is 5.30. The lowest BCUT2D eigenvalue weighted by atomic mass is 10.1. The standard InChI is InChI=1S/C27H27ClN2O7S/c1-2-36-21-13-18(12-20(28)24(21)37-16-17-7-6-8-19(11-17)26(33)34)14-22-25(32)30(27(35)38-22)15-23(31)29-9-4-3-5-10-29/h6-8,11-14H,2-5,9-10,15-16H2,1H3,(H,33,34)/b22-14-. The van der Waals surface area contributed by atoms with Crippen LogP contribution in [-0.4, -0.2) is 64.2 Å². The summed E-state index contributed by atoms with van der Waals surface area (Å²) in [5, 5.41) is 8.92. The summed E-state index contributed by atoms with van der Waals surface area (Å²) >= 11 is 7.28. The van der Waals surface area contributed by atoms with Crippen molar-refractivity contribution in [2.45, 2.75) is 32.8 Å². The average molecular weight is 559 g/mol. The Morgan fingerprint density at radius 3 is 2.58 bits per heavy atom. The minimum Gasteiger partial charge on any atom is -0.490 e. The Balaban J connectivity index is 1.50. The van der Waals surface area contributed by atoms with E-state index in [-0.39, 0.29) is 40.3 Å². The van der Waals surface area contributed by atoms with Gasteiger partial charge in [-0.3, -0.25) is 19.3 Å². The van der Waals surface area contributed by atoms with Crippen LogP contribution in [0.1, 0.15) is 47.7 Å². The largest absolute Gasteiger partial charge is 0.490 e. The van der Waals surface area contributed by atoms with Crippen LogP contribution in [-0.2, 0) is 16.2 Å². The summed E-state index contributed by atoms with van der Waals surface area (Å²) in [6, 6.07) is 9.59. The first-order valence-corrected chi connectivity index (χ1v) is 13.4. The number of nitrogens with zero attached hydrogens (tertiary/aromatic N) is 2. The SMILES string of the molecule is CCOc1cc(/C=C2\SC(=O)N(CC(=O)N3CCCCC3)C2=O)cc(Cl)c1OCc1cccc(C(=O)O)c1. The fraction of sp³-hybridized carbons (Fsp3) is 0.333. The van der Waals surface area contributed by atoms with Gasteiger partial charge in [0.2, 0.25) is 5.91 Å². The number of aromatic carboxylic acids is 1. The van der Waals surface area contributed by atoms with Gasteiger partial charge in [-0.25, -0.2) is 4.79 Å². The van der Waals surface area contributed by atoms with Crippen LogP contribution in [0, 0.1) is 0 Å². The number of amides is 3. The Bertz CT molecular complexity index is 1290. The summed E-state index contributed by atoms with van der Waals surface area (Å²) < 4.78 is 11.6. The molecule has 0 bridgehead atoms. The molecule has 4 rings (SSSR count). The highest BCUT2D eigenvalue weighted by atomic mass is 35.5. The van der Waals surface area contributed by atoms with Gasteiger partial charge in [0.05, 0.1) is 22.1 Å². The highest BCUT2D eigenvalue weighted by molar-refractivity contribution is 8.18. The van der Waals surface area contributed by atoms with Crippen LogP contribution in [0.2, 0.25) is 5.02 Å². The first-order valence-electron chi connectivity index (χ1n) is 12.2. The van der Waals surface area contributed by atoms with E-state index in [1.165, 1.54) is 18.2 Å². The van der Waals surface area contributed by atoms with E-state index in [0.29, 0.717) is 36.6 Å². The van der Waals surface area contributed by atoms with Crippen molar-refractivity contribution >= 4 is 52.5 Å². The number of benzene rings is 2. The molecule has 2 aliphatic rings. The molecule has 0 atom stereocenters. The second kappa shape index (κ2) is 12.4. The molecule has 11 heteroatoms. The van der Waals surface area contributed by atoms with Gasteiger partial charge >= 0.3 is 5.97 Å². The zero-order valence-electron chi connectivity index (χ0n) is 20.8. The zero-order valence-corrected chi connectivity index (χ0v) is 22.3. The predicted octanol–water partition coefficient (Wildman–Crippen LogP) is 5.06. The van der Waals surface area contributed by atoms with E-state index in [1.807, 2.05) is 0 Å². The molecule has 2 fully saturated rings. The number of likely N-dealkylation sites (tertiary alicyclic amines) is 1. The maximum absolute atomic E-state index is 13.0. The van der Waals surface area contributed by atoms with E-state index < -0.39 is 17.1 Å². The number of hydrogen-bond donors (Lipinski definition) is 1. The van der Waals surface area contributed by atoms with Gasteiger partial charge in [0.25, 0.3) is 11.1 Å². The molecule has 9 nitrogen and oxygen atoms in total. The van der Waals surface area contributed by atoms with Gasteiger partial charge < -0.3 is 19.5 Å². The summed E-state index contributed by atoms with van der Waals surface area (Å²) in [7, 11) is 0. The summed E-state index contributed by atoms with van der Waals surface area (Å²) in [4.78, 5) is 52.2. The van der Waals surface area contributed by atoms with Gasteiger partial charge in [0.1, 0.15) is 13.2 Å². The molecule has 1 N–H and O–H groups in total. The molecule has 2 aromatic carbocycles. The van der Waals surface area contributed by atoms with Crippen molar-refractivity contribution in [2.75, 3.05) is 26.2 Å². The number of carboxylic acids is 1. The van der Waals surface area contributed by atoms with Crippen molar-refractivity contribution in [3.8, 4) is 11.5 Å². The predicted molar refractivity (Wildman–Crippen MR) is 143 cm³/mol. The number of piperidine rings is 1. The molecule has 200 valence electrons. The minimum atomic E-state index is -1.04. The molecule has 38 heavy (non-hydrogen) atoms. The van der Waals surface area contributed by atoms with Crippen LogP contribution < -0.4 is 9.47 Å². The molecule has 0 unspecified atom stereocenters. The molecule has 0 aromatic heterocycles. The number of carbonyl (C=O) groups excluding carboxylic acids is 3. The van der Waals surface area contributed by atoms with E-state index in [2.05, 4.69) is 0 Å². The maximum Gasteiger partial charge on any atom is 0.335 e. The lowest BCUT2D eigenvalue weighted by Gasteiger charge is -2.27. The molecule has 0 saturated carbocycles. The van der Waals surface area contributed by atoms with E-state index in [1.54, 1.807) is 36.1 Å². The lowest BCUT2D eigenvalue weighted by Crippen LogP contribution is -2.44. The van der Waals surface area contributed by atoms with Crippen molar-refractivity contribution in [1.29, 1.82) is 0 Å². The molecule has 0 radical (unpaired) electrons. The molecule has 2 aliphatic heterocycles. The summed E-state index contributed by atoms with van der Waals surface area (Å²) in [6.45, 7) is 3.18. The third-order valence-electron chi connectivity index (χ3n) is 6.06. The zero-order chi connectivity index (χ0) is 27.2. The van der Waals surface area contributed by atoms with Crippen LogP contribution >= 0.6 is 23.4 Å². The third-order valence-corrected chi connectivity index (χ3v) is 7.25. The number of carbonyl (C=O) groups is 4. The van der Waals surface area contributed by atoms with E-state index >= 15 is 0 Å². The molecule has 2 aromatic rings. The highest BCUT2D eigenvalue weighted by Gasteiger charge is 2.37. The van der Waals surface area contributed by atoms with Crippen molar-refractivity contribution in [3.63, 3.8) is 0 Å². The van der Waals surface area contributed by atoms with Crippen LogP contribution in [0.3, 0.4) is 0 Å². The van der Waals surface area contributed by atoms with Crippen molar-refractivity contribution < 1.29 is 33.8 Å². The molecule has 0 spiro atoms. The Morgan fingerprint density at radius 1 is 1.11 bits per heavy atom. The molecule has 2 saturated heterocycles. The highest BCUT2D eigenvalue weighted by Crippen LogP contribution is 2.39. The second-order valence-electron chi connectivity index (χ2n) is 8.77. The topological polar surface area (TPSA) is 113 Å². The van der Waals surface area contributed by atoms with Gasteiger partial charge in [-0.05, 0) is 79.4 Å². The van der Waals surface area contributed by atoms with Gasteiger partial charge in [-0.15, -0.1) is 0 Å². The van der Waals surface area contributed by atoms with E-state index in [0.717, 1.165) is 35.9 Å². The van der Waals surface area contributed by atoms with Crippen molar-refractivity contribution in [2.24, 2.45) is 0 Å². The summed E-state index contributed by atoms with van der Waals surface area (Å²) in [5.74, 6) is -1.19. The number of carboxylic acid groups (broad SMARTS) is 1. The minimum absolute atomic E-state index is 0.0597. The first kappa shape index (κ1) is 27.5. The molecule has 2 heterocycles. The lowest BCUT2D eigenvalue weighted by molar-refractivity contribution is -0.136. The normalized spacial score (nSPS) is 16.7. The fourth-order valence-electron chi connectivity index (χ4n) is 4.19. The average Bonchev–Trinajstić information content (AvgIpc) is 3.16. The second-order valence-corrected chi connectivity index (χ2v) is 10.2. The van der Waals surface area contributed by atoms with Crippen LogP contribution in [0.15, 0.2) is 41.3 Å². The Morgan fingerprint density at radius 2 is 1.87 bits per heavy atom. The van der Waals surface area contributed by atoms with Crippen LogP contribution in [0.25, 0.3) is 6.08 Å². The maximum atomic E-state index is 13.0. The molecular weight excluding hydrogens is 532 g/mol. The van der Waals surface area contributed by atoms with Gasteiger partial charge in [-0.1, -0.05) is 23.7 Å². The number of halogens is 1. The number of ether oxygens (including phenoxy) is 2. The summed E-state index contributed by atoms with van der Waals surface area (Å²) in [5.41, 5.74) is 1.30. The van der Waals surface area contributed by atoms with E-state index in [9.17, 15) is 24.3 Å². The number of hydrogen-bond acceptors (Lipinski definition) is 7. The Hall–Kier alpha value is -3.50. The molecule has 3 amide bonds. The van der Waals surface area contributed by atoms with Gasteiger partial charge in [-0.2, -0.15) is 0 Å². The monoisotopic (exact) mass is 558 g/mol. The number of imide groups is 1. The smallest absolute Gasteiger partial charge is 0.335 e. The number of thioether (sulfide) groups is 1. The molecule has 0 aliphatic carbocycles. The molecular formula is C27H27ClN2O7S. The quantitative estimate of drug-likeness (QED) is 0.425. The summed E-state index contributed by atoms with van der Waals surface area (Å²) in [6.07, 6.45) is 4.45.